The van der Waals surface area contributed by atoms with Gasteiger partial charge in [-0.05, 0) is 25.5 Å². The van der Waals surface area contributed by atoms with Crippen molar-refractivity contribution in [1.82, 2.24) is 0 Å². The van der Waals surface area contributed by atoms with Crippen molar-refractivity contribution < 1.29 is 9.53 Å². The van der Waals surface area contributed by atoms with Gasteiger partial charge in [-0.1, -0.05) is 90.3 Å². The SMILES string of the molecule is CCCCCCCCCCCCSC(=S)CC(C)(S)C(=O)OCCCC. The van der Waals surface area contributed by atoms with Gasteiger partial charge in [-0.25, -0.2) is 0 Å². The Morgan fingerprint density at radius 1 is 0.923 bits per heavy atom. The van der Waals surface area contributed by atoms with Gasteiger partial charge in [0.25, 0.3) is 0 Å². The summed E-state index contributed by atoms with van der Waals surface area (Å²) in [5.74, 6) is 0.792. The van der Waals surface area contributed by atoms with E-state index in [4.69, 9.17) is 17.0 Å². The van der Waals surface area contributed by atoms with Crippen LogP contribution in [-0.4, -0.2) is 27.3 Å². The Morgan fingerprint density at radius 3 is 1.96 bits per heavy atom. The molecule has 0 aromatic rings. The van der Waals surface area contributed by atoms with Crippen LogP contribution in [0.4, 0.5) is 0 Å². The summed E-state index contributed by atoms with van der Waals surface area (Å²) < 4.78 is 5.33. The summed E-state index contributed by atoms with van der Waals surface area (Å²) in [5, 5.41) is 0. The molecule has 0 bridgehead atoms. The van der Waals surface area contributed by atoms with E-state index in [1.54, 1.807) is 18.7 Å². The van der Waals surface area contributed by atoms with Gasteiger partial charge in [0, 0.05) is 10.6 Å². The molecule has 26 heavy (non-hydrogen) atoms. The second-order valence-electron chi connectivity index (χ2n) is 7.34. The molecule has 0 heterocycles. The highest BCUT2D eigenvalue weighted by atomic mass is 32.2. The number of hydrogen-bond donors (Lipinski definition) is 1. The minimum Gasteiger partial charge on any atom is -0.465 e. The van der Waals surface area contributed by atoms with Gasteiger partial charge in [-0.3, -0.25) is 4.79 Å². The minimum absolute atomic E-state index is 0.254. The van der Waals surface area contributed by atoms with Crippen molar-refractivity contribution in [2.75, 3.05) is 12.4 Å². The lowest BCUT2D eigenvalue weighted by Gasteiger charge is -2.21. The monoisotopic (exact) mass is 420 g/mol. The third-order valence-electron chi connectivity index (χ3n) is 4.42. The highest BCUT2D eigenvalue weighted by Gasteiger charge is 2.31. The van der Waals surface area contributed by atoms with Gasteiger partial charge in [-0.2, -0.15) is 12.6 Å². The van der Waals surface area contributed by atoms with Crippen LogP contribution in [0.3, 0.4) is 0 Å². The molecule has 0 spiro atoms. The normalized spacial score (nSPS) is 13.4. The molecule has 1 unspecified atom stereocenters. The topological polar surface area (TPSA) is 26.3 Å². The Kier molecular flexibility index (Phi) is 17.5. The number of carbonyl (C=O) groups is 1. The molecule has 0 saturated carbocycles. The van der Waals surface area contributed by atoms with Crippen molar-refractivity contribution in [3.8, 4) is 0 Å². The molecule has 5 heteroatoms. The maximum atomic E-state index is 12.1. The molecule has 0 N–H and O–H groups in total. The minimum atomic E-state index is -0.810. The van der Waals surface area contributed by atoms with E-state index in [1.165, 1.54) is 64.2 Å². The standard InChI is InChI=1S/C21H40O2S3/c1-4-6-8-9-10-11-12-13-14-15-17-26-19(24)18-21(3,25)20(22)23-16-7-5-2/h25H,4-18H2,1-3H3. The Hall–Kier alpha value is 0.260. The van der Waals surface area contributed by atoms with E-state index >= 15 is 0 Å². The first kappa shape index (κ1) is 26.3. The zero-order valence-electron chi connectivity index (χ0n) is 17.2. The van der Waals surface area contributed by atoms with Crippen LogP contribution in [-0.2, 0) is 9.53 Å². The zero-order valence-corrected chi connectivity index (χ0v) is 19.7. The van der Waals surface area contributed by atoms with Crippen LogP contribution in [0, 0.1) is 0 Å². The van der Waals surface area contributed by atoms with Crippen LogP contribution in [0.5, 0.6) is 0 Å². The van der Waals surface area contributed by atoms with E-state index in [0.717, 1.165) is 22.8 Å². The number of thioether (sulfide) groups is 1. The predicted molar refractivity (Wildman–Crippen MR) is 125 cm³/mol. The fraction of sp³-hybridized carbons (Fsp3) is 0.905. The summed E-state index contributed by atoms with van der Waals surface area (Å²) >= 11 is 11.6. The average molecular weight is 421 g/mol. The second kappa shape index (κ2) is 17.4. The maximum absolute atomic E-state index is 12.1. The van der Waals surface area contributed by atoms with E-state index in [0.29, 0.717) is 13.0 Å². The van der Waals surface area contributed by atoms with E-state index in [1.807, 2.05) is 0 Å². The summed E-state index contributed by atoms with van der Waals surface area (Å²) in [4.78, 5) is 12.1. The molecule has 0 aliphatic heterocycles. The van der Waals surface area contributed by atoms with Crippen molar-refractivity contribution in [2.45, 2.75) is 109 Å². The Morgan fingerprint density at radius 2 is 1.42 bits per heavy atom. The predicted octanol–water partition coefficient (Wildman–Crippen LogP) is 7.39. The van der Waals surface area contributed by atoms with Gasteiger partial charge in [-0.15, -0.1) is 11.8 Å². The van der Waals surface area contributed by atoms with E-state index in [9.17, 15) is 4.79 Å². The Balaban J connectivity index is 3.62. The number of unbranched alkanes of at least 4 members (excludes halogenated alkanes) is 10. The van der Waals surface area contributed by atoms with Crippen LogP contribution in [0.25, 0.3) is 0 Å². The molecule has 0 radical (unpaired) electrons. The summed E-state index contributed by atoms with van der Waals surface area (Å²) in [6.07, 6.45) is 15.9. The van der Waals surface area contributed by atoms with E-state index in [2.05, 4.69) is 26.5 Å². The van der Waals surface area contributed by atoms with Crippen molar-refractivity contribution in [3.05, 3.63) is 0 Å². The van der Waals surface area contributed by atoms with Crippen LogP contribution in [0.15, 0.2) is 0 Å². The quantitative estimate of drug-likeness (QED) is 0.115. The van der Waals surface area contributed by atoms with Gasteiger partial charge < -0.3 is 4.74 Å². The summed E-state index contributed by atoms with van der Waals surface area (Å²) in [7, 11) is 0. The smallest absolute Gasteiger partial charge is 0.322 e. The molecule has 1 atom stereocenters. The fourth-order valence-corrected chi connectivity index (χ4v) is 4.59. The molecular weight excluding hydrogens is 380 g/mol. The van der Waals surface area contributed by atoms with E-state index < -0.39 is 4.75 Å². The third-order valence-corrected chi connectivity index (χ3v) is 6.22. The number of carbonyl (C=O) groups excluding carboxylic acids is 1. The molecular formula is C21H40O2S3. The lowest BCUT2D eigenvalue weighted by molar-refractivity contribution is -0.145. The van der Waals surface area contributed by atoms with Gasteiger partial charge >= 0.3 is 5.97 Å². The number of esters is 1. The van der Waals surface area contributed by atoms with Crippen LogP contribution in [0.2, 0.25) is 0 Å². The first-order valence-corrected chi connectivity index (χ1v) is 12.3. The van der Waals surface area contributed by atoms with Crippen molar-refractivity contribution >= 4 is 46.8 Å². The van der Waals surface area contributed by atoms with Crippen molar-refractivity contribution in [3.63, 3.8) is 0 Å². The number of hydrogen-bond acceptors (Lipinski definition) is 5. The summed E-state index contributed by atoms with van der Waals surface area (Å²) in [6.45, 7) is 6.62. The Labute approximate surface area is 177 Å². The van der Waals surface area contributed by atoms with Gasteiger partial charge in [0.1, 0.15) is 4.75 Å². The summed E-state index contributed by atoms with van der Waals surface area (Å²) in [6, 6.07) is 0. The first-order valence-electron chi connectivity index (χ1n) is 10.5. The molecule has 0 aromatic heterocycles. The third kappa shape index (κ3) is 15.3. The van der Waals surface area contributed by atoms with Gasteiger partial charge in [0.15, 0.2) is 0 Å². The lowest BCUT2D eigenvalue weighted by atomic mass is 10.1. The number of ether oxygens (including phenoxy) is 1. The molecule has 0 aromatic carbocycles. The fourth-order valence-electron chi connectivity index (χ4n) is 2.64. The van der Waals surface area contributed by atoms with Gasteiger partial charge in [0.2, 0.25) is 0 Å². The molecule has 0 rings (SSSR count). The number of thiol groups is 1. The van der Waals surface area contributed by atoms with E-state index in [-0.39, 0.29) is 5.97 Å². The molecule has 0 saturated heterocycles. The van der Waals surface area contributed by atoms with Crippen molar-refractivity contribution in [1.29, 1.82) is 0 Å². The van der Waals surface area contributed by atoms with Crippen LogP contribution < -0.4 is 0 Å². The molecule has 154 valence electrons. The molecule has 0 aliphatic rings. The molecule has 0 fully saturated rings. The van der Waals surface area contributed by atoms with Crippen LogP contribution in [0.1, 0.15) is 104 Å². The number of thiocarbonyl (C=S) groups is 1. The summed E-state index contributed by atoms with van der Waals surface area (Å²) in [5.41, 5.74) is 0. The average Bonchev–Trinajstić information content (AvgIpc) is 2.59. The second-order valence-corrected chi connectivity index (χ2v) is 10.3. The zero-order chi connectivity index (χ0) is 19.7. The highest BCUT2D eigenvalue weighted by molar-refractivity contribution is 8.23. The molecule has 0 aliphatic carbocycles. The highest BCUT2D eigenvalue weighted by Crippen LogP contribution is 2.26. The van der Waals surface area contributed by atoms with Gasteiger partial charge in [0.05, 0.1) is 6.61 Å². The lowest BCUT2D eigenvalue weighted by Crippen LogP contribution is -2.33. The molecule has 2 nitrogen and oxygen atoms in total. The first-order chi connectivity index (χ1) is 12.4. The van der Waals surface area contributed by atoms with Crippen molar-refractivity contribution in [2.24, 2.45) is 0 Å². The Bertz CT molecular complexity index is 370. The number of rotatable bonds is 17. The largest absolute Gasteiger partial charge is 0.465 e. The maximum Gasteiger partial charge on any atom is 0.322 e. The molecule has 0 amide bonds. The van der Waals surface area contributed by atoms with Crippen LogP contribution >= 0.6 is 36.6 Å².